The molecule has 4 heteroatoms. The van der Waals surface area contributed by atoms with Crippen LogP contribution in [0.4, 0.5) is 0 Å². The quantitative estimate of drug-likeness (QED) is 0.381. The van der Waals surface area contributed by atoms with Gasteiger partial charge < -0.3 is 9.47 Å². The van der Waals surface area contributed by atoms with Crippen LogP contribution in [0.2, 0.25) is 0 Å². The van der Waals surface area contributed by atoms with E-state index < -0.39 is 5.60 Å². The molecule has 0 aromatic heterocycles. The van der Waals surface area contributed by atoms with Crippen molar-refractivity contribution in [3.05, 3.63) is 0 Å². The lowest BCUT2D eigenvalue weighted by atomic mass is 10.0. The third-order valence-electron chi connectivity index (χ3n) is 3.04. The Balaban J connectivity index is 2.39. The maximum absolute atomic E-state index is 11.8. The van der Waals surface area contributed by atoms with Crippen molar-refractivity contribution in [2.75, 3.05) is 6.61 Å². The molecule has 0 bridgehead atoms. The maximum Gasteiger partial charge on any atom is 0.350 e. The molecule has 16 heavy (non-hydrogen) atoms. The van der Waals surface area contributed by atoms with Crippen molar-refractivity contribution >= 4 is 12.4 Å². The van der Waals surface area contributed by atoms with Gasteiger partial charge >= 0.3 is 5.97 Å². The van der Waals surface area contributed by atoms with Crippen molar-refractivity contribution in [1.29, 1.82) is 0 Å². The van der Waals surface area contributed by atoms with Crippen LogP contribution in [0.3, 0.4) is 0 Å². The molecule has 0 aromatic rings. The largest absolute Gasteiger partial charge is 0.463 e. The number of carbonyl (C=O) groups excluding carboxylic acids is 2. The van der Waals surface area contributed by atoms with Crippen LogP contribution in [0, 0.1) is 0 Å². The van der Waals surface area contributed by atoms with Gasteiger partial charge in [-0.05, 0) is 32.1 Å². The highest BCUT2D eigenvalue weighted by molar-refractivity contribution is 5.81. The summed E-state index contributed by atoms with van der Waals surface area (Å²) in [7, 11) is 0. The van der Waals surface area contributed by atoms with Gasteiger partial charge in [-0.15, -0.1) is 0 Å². The second kappa shape index (κ2) is 6.51. The first-order valence-electron chi connectivity index (χ1n) is 6.04. The summed E-state index contributed by atoms with van der Waals surface area (Å²) in [6, 6.07) is 0. The van der Waals surface area contributed by atoms with Crippen LogP contribution >= 0.6 is 0 Å². The molecule has 4 nitrogen and oxygen atoms in total. The fourth-order valence-corrected chi connectivity index (χ4v) is 2.06. The van der Waals surface area contributed by atoms with E-state index in [1.54, 1.807) is 0 Å². The standard InChI is InChI=1S/C12H20O4/c1-2-3-6-9-15-11(14)12(16-10-13)7-4-5-8-12/h10H,2-9H2,1H3. The van der Waals surface area contributed by atoms with E-state index >= 15 is 0 Å². The molecule has 0 atom stereocenters. The minimum atomic E-state index is -0.978. The second-order valence-corrected chi connectivity index (χ2v) is 4.26. The highest BCUT2D eigenvalue weighted by Crippen LogP contribution is 2.33. The van der Waals surface area contributed by atoms with Crippen molar-refractivity contribution in [2.45, 2.75) is 57.5 Å². The summed E-state index contributed by atoms with van der Waals surface area (Å²) < 4.78 is 10.1. The monoisotopic (exact) mass is 228 g/mol. The molecule has 0 heterocycles. The summed E-state index contributed by atoms with van der Waals surface area (Å²) >= 11 is 0. The summed E-state index contributed by atoms with van der Waals surface area (Å²) in [4.78, 5) is 22.2. The molecule has 0 N–H and O–H groups in total. The molecular formula is C12H20O4. The van der Waals surface area contributed by atoms with Crippen LogP contribution in [0.25, 0.3) is 0 Å². The van der Waals surface area contributed by atoms with Crippen LogP contribution in [-0.2, 0) is 19.1 Å². The molecule has 1 fully saturated rings. The molecule has 1 saturated carbocycles. The Morgan fingerprint density at radius 1 is 1.31 bits per heavy atom. The van der Waals surface area contributed by atoms with Gasteiger partial charge in [-0.1, -0.05) is 19.8 Å². The highest BCUT2D eigenvalue weighted by Gasteiger charge is 2.44. The first kappa shape index (κ1) is 13.0. The molecule has 0 spiro atoms. The van der Waals surface area contributed by atoms with Gasteiger partial charge in [0.25, 0.3) is 6.47 Å². The lowest BCUT2D eigenvalue weighted by Crippen LogP contribution is -2.40. The van der Waals surface area contributed by atoms with Crippen molar-refractivity contribution in [3.63, 3.8) is 0 Å². The van der Waals surface area contributed by atoms with E-state index in [0.29, 0.717) is 25.9 Å². The Morgan fingerprint density at radius 3 is 2.56 bits per heavy atom. The lowest BCUT2D eigenvalue weighted by molar-refractivity contribution is -0.175. The molecule has 0 radical (unpaired) electrons. The van der Waals surface area contributed by atoms with E-state index in [2.05, 4.69) is 6.92 Å². The van der Waals surface area contributed by atoms with Crippen molar-refractivity contribution in [2.24, 2.45) is 0 Å². The lowest BCUT2D eigenvalue weighted by Gasteiger charge is -2.24. The van der Waals surface area contributed by atoms with Crippen molar-refractivity contribution < 1.29 is 19.1 Å². The van der Waals surface area contributed by atoms with E-state index in [4.69, 9.17) is 9.47 Å². The second-order valence-electron chi connectivity index (χ2n) is 4.26. The Hall–Kier alpha value is -1.06. The maximum atomic E-state index is 11.8. The Labute approximate surface area is 96.3 Å². The molecule has 1 rings (SSSR count). The highest BCUT2D eigenvalue weighted by atomic mass is 16.6. The average Bonchev–Trinajstić information content (AvgIpc) is 2.74. The first-order valence-corrected chi connectivity index (χ1v) is 6.04. The Bertz CT molecular complexity index is 231. The van der Waals surface area contributed by atoms with Crippen LogP contribution in [-0.4, -0.2) is 24.6 Å². The molecule has 0 saturated heterocycles. The SMILES string of the molecule is CCCCCOC(=O)C1(OC=O)CCCC1. The van der Waals surface area contributed by atoms with Gasteiger partial charge in [0.05, 0.1) is 6.61 Å². The zero-order valence-electron chi connectivity index (χ0n) is 9.87. The summed E-state index contributed by atoms with van der Waals surface area (Å²) in [5.74, 6) is -0.367. The third kappa shape index (κ3) is 3.22. The van der Waals surface area contributed by atoms with Gasteiger partial charge in [0.2, 0.25) is 5.60 Å². The van der Waals surface area contributed by atoms with Crippen molar-refractivity contribution in [1.82, 2.24) is 0 Å². The number of unbranched alkanes of at least 4 members (excludes halogenated alkanes) is 2. The summed E-state index contributed by atoms with van der Waals surface area (Å²) in [5.41, 5.74) is -0.978. The number of rotatable bonds is 7. The van der Waals surface area contributed by atoms with Crippen LogP contribution in [0.5, 0.6) is 0 Å². The summed E-state index contributed by atoms with van der Waals surface area (Å²) in [5, 5.41) is 0. The summed E-state index contributed by atoms with van der Waals surface area (Å²) in [6.45, 7) is 2.88. The minimum absolute atomic E-state index is 0.360. The van der Waals surface area contributed by atoms with Gasteiger partial charge in [-0.25, -0.2) is 4.79 Å². The fourth-order valence-electron chi connectivity index (χ4n) is 2.06. The van der Waals surface area contributed by atoms with Gasteiger partial charge in [-0.3, -0.25) is 4.79 Å². The topological polar surface area (TPSA) is 52.6 Å². The van der Waals surface area contributed by atoms with Gasteiger partial charge in [0, 0.05) is 0 Å². The van der Waals surface area contributed by atoms with E-state index in [1.165, 1.54) is 0 Å². The van der Waals surface area contributed by atoms with Gasteiger partial charge in [-0.2, -0.15) is 0 Å². The number of esters is 1. The molecule has 0 unspecified atom stereocenters. The van der Waals surface area contributed by atoms with E-state index in [0.717, 1.165) is 32.1 Å². The first-order chi connectivity index (χ1) is 7.75. The average molecular weight is 228 g/mol. The van der Waals surface area contributed by atoms with Crippen LogP contribution < -0.4 is 0 Å². The number of carbonyl (C=O) groups is 2. The molecule has 92 valence electrons. The molecule has 1 aliphatic rings. The molecule has 1 aliphatic carbocycles. The molecule has 0 aromatic carbocycles. The van der Waals surface area contributed by atoms with E-state index in [9.17, 15) is 9.59 Å². The smallest absolute Gasteiger partial charge is 0.350 e. The Morgan fingerprint density at radius 2 is 2.00 bits per heavy atom. The Kier molecular flexibility index (Phi) is 5.29. The number of hydrogen-bond acceptors (Lipinski definition) is 4. The summed E-state index contributed by atoms with van der Waals surface area (Å²) in [6.07, 6.45) is 6.04. The third-order valence-corrected chi connectivity index (χ3v) is 3.04. The number of hydrogen-bond donors (Lipinski definition) is 0. The predicted octanol–water partition coefficient (Wildman–Crippen LogP) is 2.21. The molecule has 0 aliphatic heterocycles. The minimum Gasteiger partial charge on any atom is -0.463 e. The van der Waals surface area contributed by atoms with Crippen LogP contribution in [0.15, 0.2) is 0 Å². The van der Waals surface area contributed by atoms with E-state index in [-0.39, 0.29) is 5.97 Å². The molecule has 0 amide bonds. The zero-order chi connectivity index (χ0) is 11.9. The number of ether oxygens (including phenoxy) is 2. The van der Waals surface area contributed by atoms with Gasteiger partial charge in [0.15, 0.2) is 0 Å². The van der Waals surface area contributed by atoms with Crippen molar-refractivity contribution in [3.8, 4) is 0 Å². The van der Waals surface area contributed by atoms with Gasteiger partial charge in [0.1, 0.15) is 0 Å². The molecular weight excluding hydrogens is 208 g/mol. The van der Waals surface area contributed by atoms with E-state index in [1.807, 2.05) is 0 Å². The van der Waals surface area contributed by atoms with Crippen LogP contribution in [0.1, 0.15) is 51.9 Å². The normalized spacial score (nSPS) is 18.1. The predicted molar refractivity (Wildman–Crippen MR) is 58.8 cm³/mol. The fraction of sp³-hybridized carbons (Fsp3) is 0.833. The zero-order valence-corrected chi connectivity index (χ0v) is 9.87.